The van der Waals surface area contributed by atoms with Gasteiger partial charge in [0.2, 0.25) is 15.9 Å². The van der Waals surface area contributed by atoms with E-state index in [0.29, 0.717) is 11.5 Å². The average Bonchev–Trinajstić information content (AvgIpc) is 2.70. The lowest BCUT2D eigenvalue weighted by Crippen LogP contribution is -2.39. The number of amides is 1. The van der Waals surface area contributed by atoms with Crippen LogP contribution in [0, 0.1) is 0 Å². The van der Waals surface area contributed by atoms with Crippen molar-refractivity contribution in [2.24, 2.45) is 0 Å². The molecule has 0 heterocycles. The molecule has 0 aliphatic heterocycles. The summed E-state index contributed by atoms with van der Waals surface area (Å²) in [5.74, 6) is 0.376. The molecule has 2 aromatic rings. The van der Waals surface area contributed by atoms with Crippen LogP contribution in [-0.4, -0.2) is 47.0 Å². The third-order valence-corrected chi connectivity index (χ3v) is 5.73. The molecular weight excluding hydrogens is 368 g/mol. The molecule has 1 atom stereocenters. The van der Waals surface area contributed by atoms with E-state index in [9.17, 15) is 13.2 Å². The number of sulfonamides is 1. The molecule has 0 aromatic heterocycles. The van der Waals surface area contributed by atoms with Gasteiger partial charge in [-0.2, -0.15) is 0 Å². The molecule has 8 heteroatoms. The van der Waals surface area contributed by atoms with Gasteiger partial charge in [0.15, 0.2) is 11.5 Å². The number of carbonyl (C=O) groups excluding carboxylic acids is 1. The van der Waals surface area contributed by atoms with Crippen LogP contribution in [0.2, 0.25) is 0 Å². The van der Waals surface area contributed by atoms with Crippen LogP contribution in [-0.2, 0) is 14.8 Å². The minimum Gasteiger partial charge on any atom is -0.493 e. The van der Waals surface area contributed by atoms with Crippen LogP contribution in [0.25, 0.3) is 0 Å². The fourth-order valence-electron chi connectivity index (χ4n) is 2.52. The summed E-state index contributed by atoms with van der Waals surface area (Å²) in [4.78, 5) is 13.9. The van der Waals surface area contributed by atoms with E-state index >= 15 is 0 Å². The average molecular weight is 392 g/mol. The molecule has 0 aliphatic carbocycles. The highest BCUT2D eigenvalue weighted by Gasteiger charge is 2.21. The van der Waals surface area contributed by atoms with Crippen molar-refractivity contribution in [3.05, 3.63) is 54.1 Å². The Morgan fingerprint density at radius 1 is 1.07 bits per heavy atom. The van der Waals surface area contributed by atoms with Gasteiger partial charge in [-0.25, -0.2) is 13.1 Å². The van der Waals surface area contributed by atoms with E-state index in [1.54, 1.807) is 7.05 Å². The third kappa shape index (κ3) is 4.99. The first-order valence-electron chi connectivity index (χ1n) is 8.32. The van der Waals surface area contributed by atoms with Gasteiger partial charge in [0.1, 0.15) is 0 Å². The molecule has 0 saturated carbocycles. The Hall–Kier alpha value is -2.58. The molecule has 0 spiro atoms. The predicted octanol–water partition coefficient (Wildman–Crippen LogP) is 2.20. The molecule has 27 heavy (non-hydrogen) atoms. The Morgan fingerprint density at radius 2 is 1.70 bits per heavy atom. The van der Waals surface area contributed by atoms with Crippen molar-refractivity contribution in [3.8, 4) is 11.5 Å². The second-order valence-corrected chi connectivity index (χ2v) is 7.70. The van der Waals surface area contributed by atoms with Gasteiger partial charge in [-0.1, -0.05) is 30.3 Å². The zero-order valence-corrected chi connectivity index (χ0v) is 16.6. The fraction of sp³-hybridized carbons (Fsp3) is 0.316. The van der Waals surface area contributed by atoms with Gasteiger partial charge in [0.05, 0.1) is 31.7 Å². The topological polar surface area (TPSA) is 84.9 Å². The maximum Gasteiger partial charge on any atom is 0.241 e. The zero-order valence-electron chi connectivity index (χ0n) is 15.8. The Kier molecular flexibility index (Phi) is 6.81. The largest absolute Gasteiger partial charge is 0.493 e. The van der Waals surface area contributed by atoms with Crippen molar-refractivity contribution in [1.29, 1.82) is 0 Å². The van der Waals surface area contributed by atoms with Crippen molar-refractivity contribution >= 4 is 15.9 Å². The number of benzene rings is 2. The summed E-state index contributed by atoms with van der Waals surface area (Å²) in [5.41, 5.74) is 0.969. The summed E-state index contributed by atoms with van der Waals surface area (Å²) in [5, 5.41) is 0. The van der Waals surface area contributed by atoms with Gasteiger partial charge < -0.3 is 14.4 Å². The quantitative estimate of drug-likeness (QED) is 0.744. The number of nitrogens with one attached hydrogen (secondary N) is 1. The lowest BCUT2D eigenvalue weighted by atomic mass is 10.1. The molecular formula is C19H24N2O5S. The molecule has 0 radical (unpaired) electrons. The molecule has 146 valence electrons. The first-order chi connectivity index (χ1) is 12.8. The Morgan fingerprint density at radius 3 is 2.30 bits per heavy atom. The molecule has 1 N–H and O–H groups in total. The van der Waals surface area contributed by atoms with Crippen molar-refractivity contribution in [1.82, 2.24) is 9.62 Å². The highest BCUT2D eigenvalue weighted by Crippen LogP contribution is 2.29. The molecule has 2 rings (SSSR count). The van der Waals surface area contributed by atoms with E-state index in [1.807, 2.05) is 37.3 Å². The predicted molar refractivity (Wildman–Crippen MR) is 102 cm³/mol. The van der Waals surface area contributed by atoms with Crippen LogP contribution in [0.4, 0.5) is 0 Å². The number of hydrogen-bond acceptors (Lipinski definition) is 5. The summed E-state index contributed by atoms with van der Waals surface area (Å²) in [6.45, 7) is 1.54. The van der Waals surface area contributed by atoms with Crippen LogP contribution in [0.1, 0.15) is 18.5 Å². The highest BCUT2D eigenvalue weighted by atomic mass is 32.2. The van der Waals surface area contributed by atoms with Crippen LogP contribution in [0.5, 0.6) is 11.5 Å². The van der Waals surface area contributed by atoms with Gasteiger partial charge in [-0.15, -0.1) is 0 Å². The van der Waals surface area contributed by atoms with E-state index < -0.39 is 10.0 Å². The molecule has 1 amide bonds. The number of likely N-dealkylation sites (N-methyl/N-ethyl adjacent to an activating group) is 1. The number of ether oxygens (including phenoxy) is 2. The molecule has 0 aliphatic rings. The summed E-state index contributed by atoms with van der Waals surface area (Å²) in [6.07, 6.45) is 0. The molecule has 0 fully saturated rings. The van der Waals surface area contributed by atoms with Gasteiger partial charge >= 0.3 is 0 Å². The number of nitrogens with zero attached hydrogens (tertiary/aromatic N) is 1. The first kappa shape index (κ1) is 20.7. The van der Waals surface area contributed by atoms with Crippen molar-refractivity contribution in [2.45, 2.75) is 17.9 Å². The standard InChI is InChI=1S/C19H24N2O5S/c1-14(15-8-6-5-7-9-15)21(2)19(22)13-20-27(23,24)16-10-11-17(25-3)18(12-16)26-4/h5-12,14,20H,13H2,1-4H3/t14-/m1/s1. The SMILES string of the molecule is COc1ccc(S(=O)(=O)NCC(=O)N(C)[C@H](C)c2ccccc2)cc1OC. The Balaban J connectivity index is 2.07. The second kappa shape index (κ2) is 8.88. The van der Waals surface area contributed by atoms with Gasteiger partial charge in [-0.05, 0) is 24.6 Å². The van der Waals surface area contributed by atoms with Crippen molar-refractivity contribution in [3.63, 3.8) is 0 Å². The van der Waals surface area contributed by atoms with Gasteiger partial charge in [-0.3, -0.25) is 4.79 Å². The third-order valence-electron chi connectivity index (χ3n) is 4.34. The van der Waals surface area contributed by atoms with Crippen molar-refractivity contribution in [2.75, 3.05) is 27.8 Å². The van der Waals surface area contributed by atoms with Crippen LogP contribution >= 0.6 is 0 Å². The fourth-order valence-corrected chi connectivity index (χ4v) is 3.51. The van der Waals surface area contributed by atoms with Crippen LogP contribution < -0.4 is 14.2 Å². The maximum atomic E-state index is 12.5. The molecule has 0 saturated heterocycles. The summed E-state index contributed by atoms with van der Waals surface area (Å²) < 4.78 is 37.5. The van der Waals surface area contributed by atoms with Gasteiger partial charge in [0, 0.05) is 13.1 Å². The van der Waals surface area contributed by atoms with Crippen LogP contribution in [0.3, 0.4) is 0 Å². The highest BCUT2D eigenvalue weighted by molar-refractivity contribution is 7.89. The number of rotatable bonds is 8. The molecule has 2 aromatic carbocycles. The van der Waals surface area contributed by atoms with E-state index in [4.69, 9.17) is 9.47 Å². The Bertz CT molecular complexity index is 884. The zero-order chi connectivity index (χ0) is 20.0. The second-order valence-electron chi connectivity index (χ2n) is 5.93. The normalized spacial score (nSPS) is 12.3. The lowest BCUT2D eigenvalue weighted by Gasteiger charge is -2.25. The minimum atomic E-state index is -3.87. The number of hydrogen-bond donors (Lipinski definition) is 1. The molecule has 0 unspecified atom stereocenters. The minimum absolute atomic E-state index is 0.00768. The molecule has 7 nitrogen and oxygen atoms in total. The lowest BCUT2D eigenvalue weighted by molar-refractivity contribution is -0.130. The van der Waals surface area contributed by atoms with Gasteiger partial charge in [0.25, 0.3) is 0 Å². The number of carbonyl (C=O) groups is 1. The molecule has 0 bridgehead atoms. The summed E-state index contributed by atoms with van der Waals surface area (Å²) >= 11 is 0. The summed E-state index contributed by atoms with van der Waals surface area (Å²) in [7, 11) is 0.660. The van der Waals surface area contributed by atoms with E-state index in [2.05, 4.69) is 4.72 Å². The van der Waals surface area contributed by atoms with Crippen molar-refractivity contribution < 1.29 is 22.7 Å². The van der Waals surface area contributed by atoms with E-state index in [0.717, 1.165) is 5.56 Å². The maximum absolute atomic E-state index is 12.5. The smallest absolute Gasteiger partial charge is 0.241 e. The number of methoxy groups -OCH3 is 2. The van der Waals surface area contributed by atoms with E-state index in [-0.39, 0.29) is 23.4 Å². The van der Waals surface area contributed by atoms with E-state index in [1.165, 1.54) is 37.3 Å². The Labute approximate surface area is 160 Å². The van der Waals surface area contributed by atoms with Crippen LogP contribution in [0.15, 0.2) is 53.4 Å². The monoisotopic (exact) mass is 392 g/mol. The first-order valence-corrected chi connectivity index (χ1v) is 9.80. The summed E-state index contributed by atoms with van der Waals surface area (Å²) in [6, 6.07) is 13.6.